The molecule has 0 radical (unpaired) electrons. The van der Waals surface area contributed by atoms with Gasteiger partial charge in [0.15, 0.2) is 11.5 Å². The average Bonchev–Trinajstić information content (AvgIpc) is 3.29. The van der Waals surface area contributed by atoms with Crippen LogP contribution in [0.2, 0.25) is 0 Å². The second kappa shape index (κ2) is 11.9. The predicted molar refractivity (Wildman–Crippen MR) is 122 cm³/mol. The van der Waals surface area contributed by atoms with Crippen molar-refractivity contribution in [3.8, 4) is 11.5 Å². The van der Waals surface area contributed by atoms with Gasteiger partial charge in [0.05, 0.1) is 12.2 Å². The van der Waals surface area contributed by atoms with Crippen LogP contribution in [0.3, 0.4) is 0 Å². The monoisotopic (exact) mass is 526 g/mol. The molecule has 1 aliphatic heterocycles. The number of nitrogens with zero attached hydrogens (tertiary/aromatic N) is 3. The fourth-order valence-corrected chi connectivity index (χ4v) is 4.06. The molecule has 0 spiro atoms. The maximum Gasteiger partial charge on any atom is 0.387 e. The highest BCUT2D eigenvalue weighted by molar-refractivity contribution is 5.92. The van der Waals surface area contributed by atoms with Gasteiger partial charge in [-0.1, -0.05) is 12.1 Å². The van der Waals surface area contributed by atoms with Crippen LogP contribution in [-0.2, 0) is 16.1 Å². The minimum atomic E-state index is -3.27. The molecule has 1 saturated heterocycles. The van der Waals surface area contributed by atoms with Gasteiger partial charge in [-0.05, 0) is 36.2 Å². The summed E-state index contributed by atoms with van der Waals surface area (Å²) in [4.78, 5) is 44.3. The zero-order valence-electron chi connectivity index (χ0n) is 20.3. The van der Waals surface area contributed by atoms with Gasteiger partial charge in [-0.25, -0.2) is 4.98 Å². The number of halogens is 4. The molecule has 1 fully saturated rings. The molecule has 0 bridgehead atoms. The van der Waals surface area contributed by atoms with Crippen molar-refractivity contribution < 1.29 is 41.4 Å². The number of hydrogen-bond acceptors (Lipinski definition) is 6. The van der Waals surface area contributed by atoms with E-state index in [0.717, 1.165) is 12.1 Å². The molecular formula is C24H26F4N4O5. The topological polar surface area (TPSA) is 101 Å². The van der Waals surface area contributed by atoms with E-state index in [1.807, 2.05) is 0 Å². The Morgan fingerprint density at radius 2 is 1.76 bits per heavy atom. The van der Waals surface area contributed by atoms with Crippen molar-refractivity contribution in [2.75, 3.05) is 20.6 Å². The normalized spacial score (nSPS) is 17.2. The lowest BCUT2D eigenvalue weighted by Crippen LogP contribution is -2.45. The molecule has 3 amide bonds. The summed E-state index contributed by atoms with van der Waals surface area (Å²) in [6.07, 6.45) is 0.154. The van der Waals surface area contributed by atoms with E-state index in [0.29, 0.717) is 11.3 Å². The number of benzene rings is 1. The summed E-state index contributed by atoms with van der Waals surface area (Å²) < 4.78 is 59.5. The number of pyridine rings is 1. The van der Waals surface area contributed by atoms with E-state index in [1.165, 1.54) is 22.8 Å². The van der Waals surface area contributed by atoms with Crippen molar-refractivity contribution in [1.29, 1.82) is 0 Å². The molecule has 1 N–H and O–H groups in total. The molecular weight excluding hydrogens is 500 g/mol. The molecule has 1 aromatic carbocycles. The first-order valence-corrected chi connectivity index (χ1v) is 11.2. The van der Waals surface area contributed by atoms with Gasteiger partial charge in [0, 0.05) is 33.5 Å². The average molecular weight is 526 g/mol. The first kappa shape index (κ1) is 27.7. The summed E-state index contributed by atoms with van der Waals surface area (Å²) in [5.74, 6) is -2.73. The molecule has 1 aliphatic rings. The van der Waals surface area contributed by atoms with E-state index in [4.69, 9.17) is 0 Å². The lowest BCUT2D eigenvalue weighted by atomic mass is 9.95. The Bertz CT molecular complexity index is 1150. The maximum absolute atomic E-state index is 13.0. The Balaban J connectivity index is 1.75. The zero-order valence-corrected chi connectivity index (χ0v) is 20.3. The summed E-state index contributed by atoms with van der Waals surface area (Å²) in [5, 5.41) is 2.71. The minimum absolute atomic E-state index is 0.00628. The Morgan fingerprint density at radius 1 is 1.08 bits per heavy atom. The van der Waals surface area contributed by atoms with Crippen molar-refractivity contribution in [3.63, 3.8) is 0 Å². The van der Waals surface area contributed by atoms with E-state index in [9.17, 15) is 31.9 Å². The molecule has 2 heterocycles. The van der Waals surface area contributed by atoms with Gasteiger partial charge >= 0.3 is 13.2 Å². The Hall–Kier alpha value is -3.90. The Labute approximate surface area is 210 Å². The van der Waals surface area contributed by atoms with E-state index >= 15 is 0 Å². The number of carbonyl (C=O) groups is 3. The summed E-state index contributed by atoms with van der Waals surface area (Å²) in [7, 11) is 3.18. The van der Waals surface area contributed by atoms with Crippen LogP contribution in [0.25, 0.3) is 0 Å². The number of ether oxygens (including phenoxy) is 2. The molecule has 13 heteroatoms. The number of hydrogen-bond donors (Lipinski definition) is 1. The Morgan fingerprint density at radius 3 is 2.38 bits per heavy atom. The summed E-state index contributed by atoms with van der Waals surface area (Å²) in [6.45, 7) is -5.11. The van der Waals surface area contributed by atoms with Crippen molar-refractivity contribution >= 4 is 17.7 Å². The standard InChI is InChI=1S/C24H26F4N4O5/c1-13(33)32-12-15(14-7-8-19(36-23(25)26)20(10-14)37-24(27)28)9-18(32)21(34)29-11-16-5-4-6-17(30-16)22(35)31(2)3/h4-8,10,15,18,23-24H,9,11-12H2,1-3H3,(H,29,34)/t15?,18-/m1/s1. The van der Waals surface area contributed by atoms with Gasteiger partial charge in [-0.3, -0.25) is 14.4 Å². The molecule has 1 unspecified atom stereocenters. The van der Waals surface area contributed by atoms with Crippen molar-refractivity contribution in [2.45, 2.75) is 45.1 Å². The van der Waals surface area contributed by atoms with Gasteiger partial charge in [-0.2, -0.15) is 17.6 Å². The fourth-order valence-electron chi connectivity index (χ4n) is 4.06. The molecule has 1 aromatic heterocycles. The van der Waals surface area contributed by atoms with Crippen LogP contribution >= 0.6 is 0 Å². The van der Waals surface area contributed by atoms with Crippen LogP contribution < -0.4 is 14.8 Å². The molecule has 9 nitrogen and oxygen atoms in total. The molecule has 2 aromatic rings. The number of rotatable bonds is 9. The number of likely N-dealkylation sites (tertiary alicyclic amines) is 1. The third-order valence-electron chi connectivity index (χ3n) is 5.76. The Kier molecular flexibility index (Phi) is 8.90. The number of amides is 3. The maximum atomic E-state index is 13.0. The van der Waals surface area contributed by atoms with Crippen molar-refractivity contribution in [2.24, 2.45) is 0 Å². The van der Waals surface area contributed by atoms with E-state index in [-0.39, 0.29) is 37.0 Å². The first-order valence-electron chi connectivity index (χ1n) is 11.2. The number of carbonyl (C=O) groups excluding carboxylic acids is 3. The first-order chi connectivity index (χ1) is 17.5. The SMILES string of the molecule is CC(=O)N1CC(c2ccc(OC(F)F)c(OC(F)F)c2)C[C@@H]1C(=O)NCc1cccc(C(=O)N(C)C)n1. The second-order valence-electron chi connectivity index (χ2n) is 8.51. The van der Waals surface area contributed by atoms with Gasteiger partial charge in [0.25, 0.3) is 5.91 Å². The zero-order chi connectivity index (χ0) is 27.3. The van der Waals surface area contributed by atoms with Crippen LogP contribution in [0, 0.1) is 0 Å². The number of alkyl halides is 4. The van der Waals surface area contributed by atoms with Crippen LogP contribution in [0.4, 0.5) is 17.6 Å². The van der Waals surface area contributed by atoms with E-state index in [1.54, 1.807) is 32.3 Å². The fraction of sp³-hybridized carbons (Fsp3) is 0.417. The smallest absolute Gasteiger partial charge is 0.387 e. The molecule has 0 saturated carbocycles. The lowest BCUT2D eigenvalue weighted by Gasteiger charge is -2.22. The molecule has 3 rings (SSSR count). The van der Waals surface area contributed by atoms with Gasteiger partial charge in [0.1, 0.15) is 11.7 Å². The molecule has 37 heavy (non-hydrogen) atoms. The molecule has 0 aliphatic carbocycles. The molecule has 2 atom stereocenters. The highest BCUT2D eigenvalue weighted by Crippen LogP contribution is 2.38. The van der Waals surface area contributed by atoms with Crippen molar-refractivity contribution in [1.82, 2.24) is 20.1 Å². The van der Waals surface area contributed by atoms with Gasteiger partial charge < -0.3 is 24.6 Å². The van der Waals surface area contributed by atoms with Crippen molar-refractivity contribution in [3.05, 3.63) is 53.3 Å². The lowest BCUT2D eigenvalue weighted by molar-refractivity contribution is -0.136. The second-order valence-corrected chi connectivity index (χ2v) is 8.51. The van der Waals surface area contributed by atoms with Crippen LogP contribution in [0.15, 0.2) is 36.4 Å². The largest absolute Gasteiger partial charge is 0.431 e. The van der Waals surface area contributed by atoms with Crippen LogP contribution in [0.1, 0.15) is 41.0 Å². The summed E-state index contributed by atoms with van der Waals surface area (Å²) in [6, 6.07) is 7.58. The predicted octanol–water partition coefficient (Wildman–Crippen LogP) is 3.01. The number of nitrogens with one attached hydrogen (secondary N) is 1. The van der Waals surface area contributed by atoms with Gasteiger partial charge in [-0.15, -0.1) is 0 Å². The summed E-state index contributed by atoms with van der Waals surface area (Å²) in [5.41, 5.74) is 1.06. The highest BCUT2D eigenvalue weighted by atomic mass is 19.3. The molecule has 200 valence electrons. The van der Waals surface area contributed by atoms with Gasteiger partial charge in [0.2, 0.25) is 11.8 Å². The quantitative estimate of drug-likeness (QED) is 0.505. The number of aromatic nitrogens is 1. The summed E-state index contributed by atoms with van der Waals surface area (Å²) >= 11 is 0. The minimum Gasteiger partial charge on any atom is -0.431 e. The highest BCUT2D eigenvalue weighted by Gasteiger charge is 2.39. The van der Waals surface area contributed by atoms with Crippen LogP contribution in [-0.4, -0.2) is 72.4 Å². The van der Waals surface area contributed by atoms with E-state index < -0.39 is 42.6 Å². The van der Waals surface area contributed by atoms with E-state index in [2.05, 4.69) is 19.8 Å². The van der Waals surface area contributed by atoms with Crippen LogP contribution in [0.5, 0.6) is 11.5 Å². The third kappa shape index (κ3) is 7.08. The third-order valence-corrected chi connectivity index (χ3v) is 5.76.